The molecule has 27 heavy (non-hydrogen) atoms. The molecule has 2 aromatic rings. The number of carbonyl (C=O) groups excluding carboxylic acids is 1. The Morgan fingerprint density at radius 1 is 1.15 bits per heavy atom. The molecule has 138 valence electrons. The van der Waals surface area contributed by atoms with Crippen molar-refractivity contribution in [3.8, 4) is 11.8 Å². The van der Waals surface area contributed by atoms with Crippen molar-refractivity contribution in [2.24, 2.45) is 0 Å². The molecular weight excluding hydrogens is 359 g/mol. The van der Waals surface area contributed by atoms with Crippen LogP contribution in [0.2, 0.25) is 0 Å². The molecule has 0 aromatic heterocycles. The van der Waals surface area contributed by atoms with Crippen molar-refractivity contribution in [3.63, 3.8) is 0 Å². The van der Waals surface area contributed by atoms with Crippen LogP contribution in [0.5, 0.6) is 5.75 Å². The second-order valence-electron chi connectivity index (χ2n) is 5.77. The Labute approximate surface area is 153 Å². The Balaban J connectivity index is 1.97. The van der Waals surface area contributed by atoms with E-state index in [0.717, 1.165) is 17.0 Å². The van der Waals surface area contributed by atoms with E-state index >= 15 is 0 Å². The largest absolute Gasteiger partial charge is 0.497 e. The predicted octanol–water partition coefficient (Wildman–Crippen LogP) is 3.91. The van der Waals surface area contributed by atoms with Gasteiger partial charge in [-0.1, -0.05) is 6.58 Å². The number of ether oxygens (including phenoxy) is 1. The van der Waals surface area contributed by atoms with Crippen molar-refractivity contribution in [1.29, 1.82) is 5.26 Å². The quantitative estimate of drug-likeness (QED) is 0.819. The Kier molecular flexibility index (Phi) is 4.54. The molecule has 1 amide bonds. The molecule has 3 rings (SSSR count). The molecule has 1 aliphatic rings. The normalized spacial score (nSPS) is 14.5. The number of benzene rings is 2. The molecular formula is C19H14F3N3O2. The number of halogens is 3. The zero-order valence-electron chi connectivity index (χ0n) is 14.2. The van der Waals surface area contributed by atoms with Crippen molar-refractivity contribution in [2.75, 3.05) is 23.5 Å². The number of hydrogen-bond acceptors (Lipinski definition) is 4. The highest BCUT2D eigenvalue weighted by Crippen LogP contribution is 2.37. The lowest BCUT2D eigenvalue weighted by Gasteiger charge is -2.23. The van der Waals surface area contributed by atoms with Crippen LogP contribution in [-0.2, 0) is 11.0 Å². The zero-order chi connectivity index (χ0) is 19.8. The van der Waals surface area contributed by atoms with E-state index in [1.165, 1.54) is 19.2 Å². The van der Waals surface area contributed by atoms with Crippen molar-refractivity contribution in [1.82, 2.24) is 0 Å². The smallest absolute Gasteiger partial charge is 0.417 e. The van der Waals surface area contributed by atoms with E-state index in [1.807, 2.05) is 0 Å². The van der Waals surface area contributed by atoms with Crippen LogP contribution >= 0.6 is 0 Å². The molecule has 0 bridgehead atoms. The maximum absolute atomic E-state index is 13.2. The van der Waals surface area contributed by atoms with Crippen LogP contribution < -0.4 is 14.5 Å². The third kappa shape index (κ3) is 3.31. The number of nitrogens with zero attached hydrogens (tertiary/aromatic N) is 3. The van der Waals surface area contributed by atoms with E-state index < -0.39 is 23.2 Å². The topological polar surface area (TPSA) is 56.6 Å². The zero-order valence-corrected chi connectivity index (χ0v) is 14.2. The Bertz CT molecular complexity index is 946. The summed E-state index contributed by atoms with van der Waals surface area (Å²) in [4.78, 5) is 15.2. The first kappa shape index (κ1) is 18.3. The molecule has 0 spiro atoms. The number of amides is 1. The van der Waals surface area contributed by atoms with Gasteiger partial charge < -0.3 is 9.64 Å². The molecule has 1 saturated heterocycles. The lowest BCUT2D eigenvalue weighted by Crippen LogP contribution is -2.24. The van der Waals surface area contributed by atoms with Crippen molar-refractivity contribution >= 4 is 17.3 Å². The van der Waals surface area contributed by atoms with E-state index in [2.05, 4.69) is 6.58 Å². The maximum atomic E-state index is 13.2. The van der Waals surface area contributed by atoms with Gasteiger partial charge in [0, 0.05) is 5.69 Å². The van der Waals surface area contributed by atoms with E-state index in [1.54, 1.807) is 29.2 Å². The fraction of sp³-hybridized carbons (Fsp3) is 0.158. The van der Waals surface area contributed by atoms with Gasteiger partial charge in [-0.3, -0.25) is 9.69 Å². The Morgan fingerprint density at radius 3 is 2.33 bits per heavy atom. The lowest BCUT2D eigenvalue weighted by atomic mass is 10.1. The number of alkyl halides is 3. The monoisotopic (exact) mass is 373 g/mol. The van der Waals surface area contributed by atoms with Gasteiger partial charge in [-0.2, -0.15) is 18.4 Å². The van der Waals surface area contributed by atoms with Crippen LogP contribution in [0.4, 0.5) is 24.5 Å². The average Bonchev–Trinajstić information content (AvgIpc) is 2.95. The predicted molar refractivity (Wildman–Crippen MR) is 93.1 cm³/mol. The van der Waals surface area contributed by atoms with Gasteiger partial charge in [-0.05, 0) is 42.5 Å². The van der Waals surface area contributed by atoms with Crippen molar-refractivity contribution in [2.45, 2.75) is 6.18 Å². The first-order valence-corrected chi connectivity index (χ1v) is 7.81. The summed E-state index contributed by atoms with van der Waals surface area (Å²) in [6.07, 6.45) is -4.71. The molecule has 1 heterocycles. The molecule has 0 radical (unpaired) electrons. The van der Waals surface area contributed by atoms with Gasteiger partial charge in [0.05, 0.1) is 30.0 Å². The van der Waals surface area contributed by atoms with Gasteiger partial charge >= 0.3 is 6.18 Å². The van der Waals surface area contributed by atoms with Crippen LogP contribution in [0.3, 0.4) is 0 Å². The highest BCUT2D eigenvalue weighted by Gasteiger charge is 2.37. The number of methoxy groups -OCH3 is 1. The molecule has 8 heteroatoms. The third-order valence-corrected chi connectivity index (χ3v) is 4.18. The molecule has 0 atom stereocenters. The molecule has 0 saturated carbocycles. The summed E-state index contributed by atoms with van der Waals surface area (Å²) in [5, 5.41) is 8.91. The number of rotatable bonds is 3. The number of anilines is 2. The molecule has 2 aromatic carbocycles. The SMILES string of the molecule is C=C1N(c2ccc(OC)cc2)CC(=O)N1c1ccc(C#N)c(C(F)(F)F)c1. The average molecular weight is 373 g/mol. The summed E-state index contributed by atoms with van der Waals surface area (Å²) < 4.78 is 44.7. The van der Waals surface area contributed by atoms with Crippen LogP contribution in [-0.4, -0.2) is 19.6 Å². The summed E-state index contributed by atoms with van der Waals surface area (Å²) in [5.74, 6) is 0.435. The van der Waals surface area contributed by atoms with Gasteiger partial charge in [0.25, 0.3) is 5.91 Å². The minimum atomic E-state index is -4.71. The molecule has 5 nitrogen and oxygen atoms in total. The van der Waals surface area contributed by atoms with Gasteiger partial charge in [0.15, 0.2) is 0 Å². The van der Waals surface area contributed by atoms with E-state index in [-0.39, 0.29) is 18.1 Å². The van der Waals surface area contributed by atoms with E-state index in [0.29, 0.717) is 11.4 Å². The number of carbonyl (C=O) groups is 1. The van der Waals surface area contributed by atoms with Gasteiger partial charge in [-0.25, -0.2) is 0 Å². The molecule has 1 aliphatic heterocycles. The van der Waals surface area contributed by atoms with Gasteiger partial charge in [0.2, 0.25) is 0 Å². The van der Waals surface area contributed by atoms with Crippen LogP contribution in [0.1, 0.15) is 11.1 Å². The van der Waals surface area contributed by atoms with Crippen molar-refractivity contribution < 1.29 is 22.7 Å². The molecule has 0 N–H and O–H groups in total. The first-order chi connectivity index (χ1) is 12.8. The summed E-state index contributed by atoms with van der Waals surface area (Å²) in [6, 6.07) is 11.5. The Hall–Kier alpha value is -3.47. The fourth-order valence-electron chi connectivity index (χ4n) is 2.86. The summed E-state index contributed by atoms with van der Waals surface area (Å²) in [7, 11) is 1.53. The second-order valence-corrected chi connectivity index (χ2v) is 5.77. The fourth-order valence-corrected chi connectivity index (χ4v) is 2.86. The molecule has 1 fully saturated rings. The number of hydrogen-bond donors (Lipinski definition) is 0. The van der Waals surface area contributed by atoms with E-state index in [9.17, 15) is 18.0 Å². The van der Waals surface area contributed by atoms with Crippen LogP contribution in [0, 0.1) is 11.3 Å². The summed E-state index contributed by atoms with van der Waals surface area (Å²) in [5.41, 5.74) is -0.935. The second kappa shape index (κ2) is 6.68. The first-order valence-electron chi connectivity index (χ1n) is 7.81. The molecule has 0 aliphatic carbocycles. The summed E-state index contributed by atoms with van der Waals surface area (Å²) >= 11 is 0. The van der Waals surface area contributed by atoms with E-state index in [4.69, 9.17) is 10.00 Å². The third-order valence-electron chi connectivity index (χ3n) is 4.18. The Morgan fingerprint density at radius 2 is 1.78 bits per heavy atom. The minimum Gasteiger partial charge on any atom is -0.497 e. The summed E-state index contributed by atoms with van der Waals surface area (Å²) in [6.45, 7) is 3.79. The maximum Gasteiger partial charge on any atom is 0.417 e. The van der Waals surface area contributed by atoms with Crippen LogP contribution in [0.25, 0.3) is 0 Å². The highest BCUT2D eigenvalue weighted by molar-refractivity contribution is 6.04. The standard InChI is InChI=1S/C19H14F3N3O2/c1-12-24(14-5-7-16(27-2)8-6-14)11-18(26)25(12)15-4-3-13(10-23)17(9-15)19(20,21)22/h3-9H,1,11H2,2H3. The van der Waals surface area contributed by atoms with Gasteiger partial charge in [0.1, 0.15) is 18.1 Å². The highest BCUT2D eigenvalue weighted by atomic mass is 19.4. The van der Waals surface area contributed by atoms with Crippen molar-refractivity contribution in [3.05, 3.63) is 66.0 Å². The minimum absolute atomic E-state index is 0.00679. The molecule has 0 unspecified atom stereocenters. The number of nitriles is 1. The van der Waals surface area contributed by atoms with Gasteiger partial charge in [-0.15, -0.1) is 0 Å². The van der Waals surface area contributed by atoms with Crippen LogP contribution in [0.15, 0.2) is 54.9 Å². The lowest BCUT2D eigenvalue weighted by molar-refractivity contribution is -0.137.